The van der Waals surface area contributed by atoms with E-state index in [4.69, 9.17) is 0 Å². The highest BCUT2D eigenvalue weighted by Crippen LogP contribution is 2.29. The maximum atomic E-state index is 12.8. The number of carbonyl (C=O) groups is 1. The summed E-state index contributed by atoms with van der Waals surface area (Å²) in [6.45, 7) is 0. The second-order valence-corrected chi connectivity index (χ2v) is 7.09. The summed E-state index contributed by atoms with van der Waals surface area (Å²) < 4.78 is 40.2. The summed E-state index contributed by atoms with van der Waals surface area (Å²) in [5.41, 5.74) is 1.85. The molecule has 28 heavy (non-hydrogen) atoms. The van der Waals surface area contributed by atoms with Crippen LogP contribution in [0.5, 0.6) is 0 Å². The number of aromatic nitrogens is 2. The molecule has 0 fully saturated rings. The quantitative estimate of drug-likeness (QED) is 0.507. The third-order valence-electron chi connectivity index (χ3n) is 4.18. The number of fused-ring (bicyclic) bond motifs is 1. The normalized spacial score (nSPS) is 11.7. The molecular formula is C20H14F3N3OS. The molecule has 0 aliphatic heterocycles. The molecule has 1 N–H and O–H groups in total. The summed E-state index contributed by atoms with van der Waals surface area (Å²) in [5, 5.41) is 4.66. The van der Waals surface area contributed by atoms with E-state index in [0.29, 0.717) is 11.3 Å². The fourth-order valence-corrected chi connectivity index (χ4v) is 3.54. The average molecular weight is 401 g/mol. The van der Waals surface area contributed by atoms with E-state index in [1.54, 1.807) is 23.5 Å². The van der Waals surface area contributed by atoms with E-state index in [1.807, 2.05) is 34.3 Å². The van der Waals surface area contributed by atoms with Crippen LogP contribution in [0.15, 0.2) is 66.3 Å². The van der Waals surface area contributed by atoms with Gasteiger partial charge in [-0.25, -0.2) is 4.98 Å². The zero-order valence-electron chi connectivity index (χ0n) is 14.4. The number of benzene rings is 2. The van der Waals surface area contributed by atoms with Crippen molar-refractivity contribution >= 4 is 27.9 Å². The highest BCUT2D eigenvalue weighted by molar-refractivity contribution is 7.15. The van der Waals surface area contributed by atoms with Crippen LogP contribution in [0.25, 0.3) is 16.2 Å². The Morgan fingerprint density at radius 3 is 2.64 bits per heavy atom. The molecule has 142 valence electrons. The van der Waals surface area contributed by atoms with E-state index in [-0.39, 0.29) is 12.3 Å². The highest BCUT2D eigenvalue weighted by Gasteiger charge is 2.30. The second kappa shape index (κ2) is 7.12. The van der Waals surface area contributed by atoms with Crippen LogP contribution in [0.4, 0.5) is 18.9 Å². The number of thiazole rings is 1. The number of amides is 1. The molecule has 0 aliphatic rings. The van der Waals surface area contributed by atoms with Crippen molar-refractivity contribution in [3.63, 3.8) is 0 Å². The van der Waals surface area contributed by atoms with Crippen LogP contribution in [0, 0.1) is 0 Å². The van der Waals surface area contributed by atoms with Crippen molar-refractivity contribution in [2.75, 3.05) is 5.32 Å². The molecule has 4 nitrogen and oxygen atoms in total. The van der Waals surface area contributed by atoms with E-state index in [1.165, 1.54) is 12.1 Å². The zero-order valence-corrected chi connectivity index (χ0v) is 15.2. The number of hydrogen-bond donors (Lipinski definition) is 1. The van der Waals surface area contributed by atoms with Gasteiger partial charge in [-0.2, -0.15) is 13.2 Å². The first-order valence-corrected chi connectivity index (χ1v) is 9.25. The molecule has 0 spiro atoms. The molecule has 0 bridgehead atoms. The van der Waals surface area contributed by atoms with Crippen molar-refractivity contribution in [1.82, 2.24) is 9.38 Å². The number of alkyl halides is 3. The lowest BCUT2D eigenvalue weighted by Gasteiger charge is -2.09. The zero-order chi connectivity index (χ0) is 19.7. The molecule has 2 aromatic heterocycles. The number of anilines is 1. The number of rotatable bonds is 4. The van der Waals surface area contributed by atoms with Crippen LogP contribution in [-0.4, -0.2) is 15.3 Å². The van der Waals surface area contributed by atoms with Gasteiger partial charge in [0, 0.05) is 29.0 Å². The first kappa shape index (κ1) is 18.2. The van der Waals surface area contributed by atoms with Gasteiger partial charge in [-0.1, -0.05) is 30.3 Å². The molecule has 0 atom stereocenters. The van der Waals surface area contributed by atoms with Crippen LogP contribution in [0.3, 0.4) is 0 Å². The first-order valence-electron chi connectivity index (χ1n) is 8.37. The van der Waals surface area contributed by atoms with E-state index in [2.05, 4.69) is 10.3 Å². The molecule has 0 radical (unpaired) electrons. The summed E-state index contributed by atoms with van der Waals surface area (Å²) in [6, 6.07) is 11.9. The number of imidazole rings is 1. The minimum atomic E-state index is -4.43. The molecule has 0 aliphatic carbocycles. The summed E-state index contributed by atoms with van der Waals surface area (Å²) in [4.78, 5) is 17.6. The lowest BCUT2D eigenvalue weighted by molar-refractivity contribution is -0.137. The summed E-state index contributed by atoms with van der Waals surface area (Å²) in [7, 11) is 0. The Bertz CT molecular complexity index is 1100. The van der Waals surface area contributed by atoms with Gasteiger partial charge in [0.2, 0.25) is 5.91 Å². The lowest BCUT2D eigenvalue weighted by atomic mass is 10.1. The maximum absolute atomic E-state index is 12.8. The van der Waals surface area contributed by atoms with Crippen LogP contribution in [0.2, 0.25) is 0 Å². The van der Waals surface area contributed by atoms with E-state index in [9.17, 15) is 18.0 Å². The molecule has 2 heterocycles. The predicted octanol–water partition coefficient (Wildman–Crippen LogP) is 5.26. The Labute approximate surface area is 162 Å². The molecule has 0 saturated carbocycles. The molecular weight excluding hydrogens is 387 g/mol. The Kier molecular flexibility index (Phi) is 4.64. The lowest BCUT2D eigenvalue weighted by Crippen LogP contribution is -2.15. The van der Waals surface area contributed by atoms with Crippen LogP contribution >= 0.6 is 11.3 Å². The van der Waals surface area contributed by atoms with Crippen molar-refractivity contribution < 1.29 is 18.0 Å². The second-order valence-electron chi connectivity index (χ2n) is 6.22. The number of nitrogens with zero attached hydrogens (tertiary/aromatic N) is 2. The van der Waals surface area contributed by atoms with Crippen molar-refractivity contribution in [2.45, 2.75) is 12.6 Å². The molecule has 2 aromatic carbocycles. The molecule has 4 aromatic rings. The third-order valence-corrected chi connectivity index (χ3v) is 4.95. The molecule has 0 unspecified atom stereocenters. The average Bonchev–Trinajstić information content (AvgIpc) is 3.24. The number of hydrogen-bond acceptors (Lipinski definition) is 3. The fourth-order valence-electron chi connectivity index (χ4n) is 2.84. The Hall–Kier alpha value is -3.13. The van der Waals surface area contributed by atoms with Crippen LogP contribution in [-0.2, 0) is 17.4 Å². The van der Waals surface area contributed by atoms with Crippen molar-refractivity contribution in [2.24, 2.45) is 0 Å². The largest absolute Gasteiger partial charge is 0.416 e. The van der Waals surface area contributed by atoms with E-state index < -0.39 is 11.7 Å². The minimum Gasteiger partial charge on any atom is -0.326 e. The van der Waals surface area contributed by atoms with Gasteiger partial charge in [0.1, 0.15) is 0 Å². The molecule has 4 rings (SSSR count). The highest BCUT2D eigenvalue weighted by atomic mass is 32.1. The fraction of sp³-hybridized carbons (Fsp3) is 0.100. The van der Waals surface area contributed by atoms with Gasteiger partial charge < -0.3 is 5.32 Å². The molecule has 0 saturated heterocycles. The van der Waals surface area contributed by atoms with Crippen LogP contribution in [0.1, 0.15) is 11.1 Å². The van der Waals surface area contributed by atoms with Gasteiger partial charge in [-0.3, -0.25) is 9.20 Å². The van der Waals surface area contributed by atoms with Crippen molar-refractivity contribution in [1.29, 1.82) is 0 Å². The van der Waals surface area contributed by atoms with Gasteiger partial charge in [0.05, 0.1) is 17.7 Å². The number of nitrogens with one attached hydrogen (secondary N) is 1. The van der Waals surface area contributed by atoms with Gasteiger partial charge >= 0.3 is 6.18 Å². The smallest absolute Gasteiger partial charge is 0.326 e. The van der Waals surface area contributed by atoms with Crippen molar-refractivity contribution in [3.8, 4) is 11.3 Å². The summed E-state index contributed by atoms with van der Waals surface area (Å²) in [5.74, 6) is -0.380. The van der Waals surface area contributed by atoms with Crippen molar-refractivity contribution in [3.05, 3.63) is 77.4 Å². The Balaban J connectivity index is 1.43. The van der Waals surface area contributed by atoms with Gasteiger partial charge in [0.25, 0.3) is 0 Å². The first-order chi connectivity index (χ1) is 13.4. The Morgan fingerprint density at radius 1 is 1.14 bits per heavy atom. The van der Waals surface area contributed by atoms with E-state index >= 15 is 0 Å². The monoisotopic (exact) mass is 401 g/mol. The van der Waals surface area contributed by atoms with Gasteiger partial charge in [-0.15, -0.1) is 11.3 Å². The molecule has 8 heteroatoms. The van der Waals surface area contributed by atoms with Crippen LogP contribution < -0.4 is 5.32 Å². The standard InChI is InChI=1S/C20H14F3N3OS/c21-20(22,23)15-3-1-2-13(10-15)11-18(27)24-16-6-4-14(5-7-16)17-12-26-8-9-28-19(26)25-17/h1-10,12H,11H2,(H,24,27). The van der Waals surface area contributed by atoms with E-state index in [0.717, 1.165) is 28.4 Å². The Morgan fingerprint density at radius 2 is 1.93 bits per heavy atom. The predicted molar refractivity (Wildman–Crippen MR) is 102 cm³/mol. The minimum absolute atomic E-state index is 0.136. The number of carbonyl (C=O) groups excluding carboxylic acids is 1. The topological polar surface area (TPSA) is 46.4 Å². The summed E-state index contributed by atoms with van der Waals surface area (Å²) >= 11 is 1.54. The number of halogens is 3. The maximum Gasteiger partial charge on any atom is 0.416 e. The van der Waals surface area contributed by atoms with Gasteiger partial charge in [-0.05, 0) is 23.8 Å². The molecule has 1 amide bonds. The summed E-state index contributed by atoms with van der Waals surface area (Å²) in [6.07, 6.45) is -0.709. The third kappa shape index (κ3) is 3.91. The SMILES string of the molecule is O=C(Cc1cccc(C(F)(F)F)c1)Nc1ccc(-c2cn3ccsc3n2)cc1. The van der Waals surface area contributed by atoms with Gasteiger partial charge in [0.15, 0.2) is 4.96 Å².